The highest BCUT2D eigenvalue weighted by atomic mass is 127. The molecule has 0 unspecified atom stereocenters. The minimum absolute atomic E-state index is 0.0350. The maximum atomic E-state index is 10.7. The molecule has 0 saturated heterocycles. The molecule has 0 bridgehead atoms. The van der Waals surface area contributed by atoms with Crippen molar-refractivity contribution in [1.29, 1.82) is 0 Å². The molecule has 0 atom stereocenters. The van der Waals surface area contributed by atoms with Gasteiger partial charge in [0.05, 0.1) is 16.8 Å². The van der Waals surface area contributed by atoms with Crippen LogP contribution in [-0.4, -0.2) is 11.1 Å². The maximum Gasteiger partial charge on any atom is 0.269 e. The second-order valence-corrected chi connectivity index (χ2v) is 7.93. The molecular weight excluding hydrogens is 537 g/mol. The molecule has 3 aromatic rings. The first-order chi connectivity index (χ1) is 13.5. The third-order valence-corrected chi connectivity index (χ3v) is 4.97. The van der Waals surface area contributed by atoms with E-state index in [2.05, 4.69) is 49.0 Å². The van der Waals surface area contributed by atoms with Crippen molar-refractivity contribution in [2.75, 3.05) is 5.43 Å². The van der Waals surface area contributed by atoms with Gasteiger partial charge in [0.15, 0.2) is 0 Å². The molecule has 0 aliphatic carbocycles. The smallest absolute Gasteiger partial charge is 0.269 e. The predicted octanol–water partition coefficient (Wildman–Crippen LogP) is 5.99. The molecule has 28 heavy (non-hydrogen) atoms. The van der Waals surface area contributed by atoms with E-state index in [9.17, 15) is 10.1 Å². The summed E-state index contributed by atoms with van der Waals surface area (Å²) in [7, 11) is 0. The Morgan fingerprint density at radius 3 is 2.50 bits per heavy atom. The number of hydrazone groups is 1. The van der Waals surface area contributed by atoms with Crippen LogP contribution in [0.1, 0.15) is 11.1 Å². The number of benzene rings is 3. The van der Waals surface area contributed by atoms with Crippen molar-refractivity contribution < 1.29 is 9.66 Å². The largest absolute Gasteiger partial charge is 0.488 e. The number of nitrogens with one attached hydrogen (secondary N) is 1. The van der Waals surface area contributed by atoms with Crippen molar-refractivity contribution in [2.24, 2.45) is 5.10 Å². The number of hydrogen-bond acceptors (Lipinski definition) is 5. The SMILES string of the molecule is O=[N+]([O-])c1ccc(N/N=C/c2cc(Br)ccc2OCc2ccc(I)cc2)cc1. The predicted molar refractivity (Wildman–Crippen MR) is 122 cm³/mol. The fourth-order valence-corrected chi connectivity index (χ4v) is 3.07. The summed E-state index contributed by atoms with van der Waals surface area (Å²) in [4.78, 5) is 10.3. The van der Waals surface area contributed by atoms with Crippen molar-refractivity contribution in [3.8, 4) is 5.75 Å². The van der Waals surface area contributed by atoms with Crippen LogP contribution in [0.25, 0.3) is 0 Å². The highest BCUT2D eigenvalue weighted by molar-refractivity contribution is 14.1. The Hall–Kier alpha value is -2.46. The Bertz CT molecular complexity index is 993. The number of hydrogen-bond donors (Lipinski definition) is 1. The zero-order valence-electron chi connectivity index (χ0n) is 14.5. The summed E-state index contributed by atoms with van der Waals surface area (Å²) in [5.41, 5.74) is 5.43. The molecule has 0 amide bonds. The van der Waals surface area contributed by atoms with Crippen LogP contribution in [0.2, 0.25) is 0 Å². The molecule has 0 spiro atoms. The van der Waals surface area contributed by atoms with Crippen molar-refractivity contribution in [3.63, 3.8) is 0 Å². The first kappa shape index (κ1) is 20.3. The summed E-state index contributed by atoms with van der Waals surface area (Å²) >= 11 is 5.72. The van der Waals surface area contributed by atoms with Crippen LogP contribution in [0, 0.1) is 13.7 Å². The van der Waals surface area contributed by atoms with E-state index in [1.807, 2.05) is 42.5 Å². The highest BCUT2D eigenvalue weighted by Crippen LogP contribution is 2.23. The molecule has 3 aromatic carbocycles. The number of nitro benzene ring substituents is 1. The standard InChI is InChI=1S/C20H15BrIN3O3/c21-16-3-10-20(28-13-14-1-4-17(22)5-2-14)15(11-16)12-23-24-18-6-8-19(9-7-18)25(26)27/h1-12,24H,13H2/b23-12+. The van der Waals surface area contributed by atoms with E-state index >= 15 is 0 Å². The minimum atomic E-state index is -0.439. The zero-order valence-corrected chi connectivity index (χ0v) is 18.3. The van der Waals surface area contributed by atoms with Gasteiger partial charge in [0.2, 0.25) is 0 Å². The monoisotopic (exact) mass is 551 g/mol. The maximum absolute atomic E-state index is 10.7. The first-order valence-electron chi connectivity index (χ1n) is 8.21. The average Bonchev–Trinajstić information content (AvgIpc) is 2.69. The molecule has 8 heteroatoms. The number of nitrogens with zero attached hydrogens (tertiary/aromatic N) is 2. The molecule has 0 aliphatic heterocycles. The molecule has 0 heterocycles. The lowest BCUT2D eigenvalue weighted by Crippen LogP contribution is -1.99. The molecule has 0 aromatic heterocycles. The van der Waals surface area contributed by atoms with E-state index in [0.717, 1.165) is 15.6 Å². The Morgan fingerprint density at radius 1 is 1.11 bits per heavy atom. The number of ether oxygens (including phenoxy) is 1. The summed E-state index contributed by atoms with van der Waals surface area (Å²) < 4.78 is 8.03. The van der Waals surface area contributed by atoms with E-state index in [1.54, 1.807) is 18.3 Å². The number of nitro groups is 1. The van der Waals surface area contributed by atoms with E-state index in [4.69, 9.17) is 4.74 Å². The molecule has 1 N–H and O–H groups in total. The van der Waals surface area contributed by atoms with Crippen molar-refractivity contribution in [2.45, 2.75) is 6.61 Å². The molecule has 0 fully saturated rings. The quantitative estimate of drug-likeness (QED) is 0.169. The van der Waals surface area contributed by atoms with Crippen molar-refractivity contribution >= 4 is 56.1 Å². The number of rotatable bonds is 7. The van der Waals surface area contributed by atoms with E-state index < -0.39 is 4.92 Å². The van der Waals surface area contributed by atoms with Crippen LogP contribution in [0.3, 0.4) is 0 Å². The fourth-order valence-electron chi connectivity index (χ4n) is 2.33. The summed E-state index contributed by atoms with van der Waals surface area (Å²) in [6.07, 6.45) is 1.65. The van der Waals surface area contributed by atoms with Crippen LogP contribution < -0.4 is 10.2 Å². The Morgan fingerprint density at radius 2 is 1.82 bits per heavy atom. The first-order valence-corrected chi connectivity index (χ1v) is 10.1. The fraction of sp³-hybridized carbons (Fsp3) is 0.0500. The van der Waals surface area contributed by atoms with Gasteiger partial charge in [0.1, 0.15) is 12.4 Å². The molecule has 0 saturated carbocycles. The Labute approximate surface area is 184 Å². The zero-order chi connectivity index (χ0) is 19.9. The van der Waals surface area contributed by atoms with Gasteiger partial charge in [-0.3, -0.25) is 15.5 Å². The van der Waals surface area contributed by atoms with E-state index in [-0.39, 0.29) is 5.69 Å². The molecule has 142 valence electrons. The molecular formula is C20H15BrIN3O3. The minimum Gasteiger partial charge on any atom is -0.488 e. The summed E-state index contributed by atoms with van der Waals surface area (Å²) in [6, 6.07) is 19.9. The molecule has 6 nitrogen and oxygen atoms in total. The Kier molecular flexibility index (Phi) is 6.99. The second kappa shape index (κ2) is 9.65. The second-order valence-electron chi connectivity index (χ2n) is 5.77. The lowest BCUT2D eigenvalue weighted by atomic mass is 10.2. The lowest BCUT2D eigenvalue weighted by Gasteiger charge is -2.10. The summed E-state index contributed by atoms with van der Waals surface area (Å²) in [5, 5.41) is 14.9. The number of non-ortho nitro benzene ring substituents is 1. The van der Waals surface area contributed by atoms with Gasteiger partial charge >= 0.3 is 0 Å². The normalized spacial score (nSPS) is 10.8. The van der Waals surface area contributed by atoms with Crippen molar-refractivity contribution in [1.82, 2.24) is 0 Å². The van der Waals surface area contributed by atoms with Crippen LogP contribution >= 0.6 is 38.5 Å². The van der Waals surface area contributed by atoms with Crippen LogP contribution in [0.15, 0.2) is 76.3 Å². The van der Waals surface area contributed by atoms with Gasteiger partial charge in [-0.2, -0.15) is 5.10 Å². The summed E-state index contributed by atoms with van der Waals surface area (Å²) in [6.45, 7) is 0.454. The number of anilines is 1. The van der Waals surface area contributed by atoms with E-state index in [0.29, 0.717) is 18.0 Å². The third kappa shape index (κ3) is 5.77. The van der Waals surface area contributed by atoms with Crippen LogP contribution in [0.4, 0.5) is 11.4 Å². The molecule has 0 aliphatic rings. The topological polar surface area (TPSA) is 76.8 Å². The van der Waals surface area contributed by atoms with Gasteiger partial charge in [-0.15, -0.1) is 0 Å². The summed E-state index contributed by atoms with van der Waals surface area (Å²) in [5.74, 6) is 0.705. The van der Waals surface area contributed by atoms with E-state index in [1.165, 1.54) is 15.7 Å². The molecule has 0 radical (unpaired) electrons. The number of halogens is 2. The van der Waals surface area contributed by atoms with Gasteiger partial charge in [-0.05, 0) is 70.6 Å². The third-order valence-electron chi connectivity index (χ3n) is 3.75. The lowest BCUT2D eigenvalue weighted by molar-refractivity contribution is -0.384. The van der Waals surface area contributed by atoms with Gasteiger partial charge in [0, 0.05) is 25.7 Å². The molecule has 3 rings (SSSR count). The Balaban J connectivity index is 1.68. The van der Waals surface area contributed by atoms with Gasteiger partial charge < -0.3 is 4.74 Å². The van der Waals surface area contributed by atoms with Crippen LogP contribution in [0.5, 0.6) is 5.75 Å². The average molecular weight is 552 g/mol. The van der Waals surface area contributed by atoms with Crippen LogP contribution in [-0.2, 0) is 6.61 Å². The van der Waals surface area contributed by atoms with Gasteiger partial charge in [0.25, 0.3) is 5.69 Å². The van der Waals surface area contributed by atoms with Gasteiger partial charge in [-0.25, -0.2) is 0 Å². The highest BCUT2D eigenvalue weighted by Gasteiger charge is 2.05. The van der Waals surface area contributed by atoms with Crippen molar-refractivity contribution in [3.05, 3.63) is 96.0 Å². The van der Waals surface area contributed by atoms with Gasteiger partial charge in [-0.1, -0.05) is 28.1 Å².